The summed E-state index contributed by atoms with van der Waals surface area (Å²) < 4.78 is 24.8. The first kappa shape index (κ1) is 10.9. The van der Waals surface area contributed by atoms with Gasteiger partial charge in [0.25, 0.3) is 12.0 Å². The maximum Gasteiger partial charge on any atom is 0.279 e. The fourth-order valence-corrected chi connectivity index (χ4v) is 1.76. The molecule has 0 radical (unpaired) electrons. The molecule has 0 spiro atoms. The summed E-state index contributed by atoms with van der Waals surface area (Å²) in [7, 11) is 0. The normalized spacial score (nSPS) is 10.8. The summed E-state index contributed by atoms with van der Waals surface area (Å²) in [4.78, 5) is 13.1. The minimum atomic E-state index is -2.66. The van der Waals surface area contributed by atoms with Crippen molar-refractivity contribution in [3.8, 4) is 0 Å². The predicted octanol–water partition coefficient (Wildman–Crippen LogP) is 2.66. The SMILES string of the molecule is O=c1[nH]c(C(F)F)c(I)cc1CCl. The van der Waals surface area contributed by atoms with Gasteiger partial charge in [-0.1, -0.05) is 0 Å². The average molecular weight is 319 g/mol. The summed E-state index contributed by atoms with van der Waals surface area (Å²) in [5.41, 5.74) is -0.597. The molecule has 72 valence electrons. The molecule has 0 aliphatic carbocycles. The monoisotopic (exact) mass is 319 g/mol. The molecule has 13 heavy (non-hydrogen) atoms. The number of H-pyrrole nitrogens is 1. The second kappa shape index (κ2) is 4.36. The number of aromatic nitrogens is 1. The summed E-state index contributed by atoms with van der Waals surface area (Å²) in [6.45, 7) is 0. The molecular formula is C7H5ClF2INO. The molecule has 0 unspecified atom stereocenters. The zero-order valence-corrected chi connectivity index (χ0v) is 9.20. The van der Waals surface area contributed by atoms with E-state index in [2.05, 4.69) is 4.98 Å². The maximum atomic E-state index is 12.2. The van der Waals surface area contributed by atoms with Crippen molar-refractivity contribution in [1.29, 1.82) is 0 Å². The highest BCUT2D eigenvalue weighted by molar-refractivity contribution is 14.1. The van der Waals surface area contributed by atoms with Gasteiger partial charge in [-0.2, -0.15) is 0 Å². The van der Waals surface area contributed by atoms with Gasteiger partial charge in [0.05, 0.1) is 11.6 Å². The first-order valence-electron chi connectivity index (χ1n) is 3.32. The number of aromatic amines is 1. The Morgan fingerprint density at radius 1 is 1.62 bits per heavy atom. The van der Waals surface area contributed by atoms with Gasteiger partial charge in [-0.05, 0) is 28.7 Å². The van der Waals surface area contributed by atoms with E-state index in [0.717, 1.165) is 0 Å². The highest BCUT2D eigenvalue weighted by atomic mass is 127. The van der Waals surface area contributed by atoms with Crippen molar-refractivity contribution in [3.63, 3.8) is 0 Å². The highest BCUT2D eigenvalue weighted by Gasteiger charge is 2.14. The lowest BCUT2D eigenvalue weighted by molar-refractivity contribution is 0.144. The first-order chi connectivity index (χ1) is 6.06. The van der Waals surface area contributed by atoms with Crippen molar-refractivity contribution < 1.29 is 8.78 Å². The molecule has 0 saturated carbocycles. The third kappa shape index (κ3) is 2.40. The molecule has 0 aromatic carbocycles. The molecule has 1 rings (SSSR count). The van der Waals surface area contributed by atoms with Crippen LogP contribution in [0.1, 0.15) is 17.7 Å². The van der Waals surface area contributed by atoms with Crippen LogP contribution in [0.5, 0.6) is 0 Å². The van der Waals surface area contributed by atoms with Crippen LogP contribution in [-0.4, -0.2) is 4.98 Å². The van der Waals surface area contributed by atoms with E-state index in [0.29, 0.717) is 9.13 Å². The Labute approximate surface area is 91.4 Å². The number of nitrogens with one attached hydrogen (secondary N) is 1. The standard InChI is InChI=1S/C7H5ClF2INO/c8-2-3-1-4(11)5(6(9)10)12-7(3)13/h1,6H,2H2,(H,12,13). The first-order valence-corrected chi connectivity index (χ1v) is 4.93. The van der Waals surface area contributed by atoms with Crippen molar-refractivity contribution >= 4 is 34.2 Å². The molecule has 6 heteroatoms. The van der Waals surface area contributed by atoms with Crippen molar-refractivity contribution in [2.45, 2.75) is 12.3 Å². The Morgan fingerprint density at radius 3 is 2.69 bits per heavy atom. The van der Waals surface area contributed by atoms with Gasteiger partial charge in [-0.25, -0.2) is 8.78 Å². The van der Waals surface area contributed by atoms with Crippen LogP contribution in [0.4, 0.5) is 8.78 Å². The summed E-state index contributed by atoms with van der Waals surface area (Å²) in [6.07, 6.45) is -2.66. The van der Waals surface area contributed by atoms with Gasteiger partial charge in [-0.3, -0.25) is 4.79 Å². The van der Waals surface area contributed by atoms with E-state index in [9.17, 15) is 13.6 Å². The van der Waals surface area contributed by atoms with E-state index in [4.69, 9.17) is 11.6 Å². The van der Waals surface area contributed by atoms with Crippen LogP contribution in [0.15, 0.2) is 10.9 Å². The number of rotatable bonds is 2. The van der Waals surface area contributed by atoms with E-state index in [-0.39, 0.29) is 11.6 Å². The maximum absolute atomic E-state index is 12.2. The lowest BCUT2D eigenvalue weighted by atomic mass is 10.3. The molecule has 2 nitrogen and oxygen atoms in total. The lowest BCUT2D eigenvalue weighted by Gasteiger charge is -2.03. The Morgan fingerprint density at radius 2 is 2.23 bits per heavy atom. The molecule has 0 aliphatic rings. The summed E-state index contributed by atoms with van der Waals surface area (Å²) in [5.74, 6) is 0.0227. The zero-order chi connectivity index (χ0) is 10.0. The summed E-state index contributed by atoms with van der Waals surface area (Å²) >= 11 is 7.16. The van der Waals surface area contributed by atoms with Crippen LogP contribution in [0.3, 0.4) is 0 Å². The average Bonchev–Trinajstić information content (AvgIpc) is 2.07. The van der Waals surface area contributed by atoms with Crippen LogP contribution in [-0.2, 0) is 5.88 Å². The smallest absolute Gasteiger partial charge is 0.279 e. The van der Waals surface area contributed by atoms with Gasteiger partial charge in [0.2, 0.25) is 0 Å². The fraction of sp³-hybridized carbons (Fsp3) is 0.286. The topological polar surface area (TPSA) is 32.9 Å². The van der Waals surface area contributed by atoms with Gasteiger partial charge >= 0.3 is 0 Å². The van der Waals surface area contributed by atoms with E-state index in [1.807, 2.05) is 0 Å². The minimum Gasteiger partial charge on any atom is -0.320 e. The number of hydrogen-bond acceptors (Lipinski definition) is 1. The van der Waals surface area contributed by atoms with E-state index >= 15 is 0 Å². The molecule has 0 aliphatic heterocycles. The Balaban J connectivity index is 3.29. The molecule has 0 amide bonds. The number of alkyl halides is 3. The molecule has 0 fully saturated rings. The van der Waals surface area contributed by atoms with E-state index in [1.165, 1.54) is 6.07 Å². The second-order valence-corrected chi connectivity index (χ2v) is 3.75. The number of hydrogen-bond donors (Lipinski definition) is 1. The summed E-state index contributed by atoms with van der Waals surface area (Å²) in [5, 5.41) is 0. The van der Waals surface area contributed by atoms with Gasteiger partial charge in [0.1, 0.15) is 0 Å². The van der Waals surface area contributed by atoms with Crippen molar-refractivity contribution in [2.75, 3.05) is 0 Å². The van der Waals surface area contributed by atoms with E-state index in [1.54, 1.807) is 22.6 Å². The third-order valence-corrected chi connectivity index (χ3v) is 2.64. The van der Waals surface area contributed by atoms with Crippen LogP contribution >= 0.6 is 34.2 Å². The van der Waals surface area contributed by atoms with Crippen LogP contribution < -0.4 is 5.56 Å². The van der Waals surface area contributed by atoms with Crippen LogP contribution in [0.2, 0.25) is 0 Å². The van der Waals surface area contributed by atoms with E-state index < -0.39 is 12.0 Å². The molecule has 0 bridgehead atoms. The molecule has 1 heterocycles. The van der Waals surface area contributed by atoms with Crippen molar-refractivity contribution in [1.82, 2.24) is 4.98 Å². The molecule has 1 aromatic heterocycles. The molecule has 1 aromatic rings. The molecule has 1 N–H and O–H groups in total. The summed E-state index contributed by atoms with van der Waals surface area (Å²) in [6, 6.07) is 1.37. The van der Waals surface area contributed by atoms with Crippen molar-refractivity contribution in [3.05, 3.63) is 31.2 Å². The number of pyridine rings is 1. The minimum absolute atomic E-state index is 0.0227. The van der Waals surface area contributed by atoms with Crippen LogP contribution in [0, 0.1) is 3.57 Å². The van der Waals surface area contributed by atoms with Crippen molar-refractivity contribution in [2.24, 2.45) is 0 Å². The Kier molecular flexibility index (Phi) is 3.66. The molecular weight excluding hydrogens is 314 g/mol. The van der Waals surface area contributed by atoms with Gasteiger partial charge in [0.15, 0.2) is 0 Å². The van der Waals surface area contributed by atoms with Gasteiger partial charge in [-0.15, -0.1) is 11.6 Å². The second-order valence-electron chi connectivity index (χ2n) is 2.32. The quantitative estimate of drug-likeness (QED) is 0.660. The fourth-order valence-electron chi connectivity index (χ4n) is 0.817. The third-order valence-electron chi connectivity index (χ3n) is 1.46. The highest BCUT2D eigenvalue weighted by Crippen LogP contribution is 2.21. The lowest BCUT2D eigenvalue weighted by Crippen LogP contribution is -2.15. The molecule has 0 saturated heterocycles. The predicted molar refractivity (Wildman–Crippen MR) is 54.3 cm³/mol. The van der Waals surface area contributed by atoms with Gasteiger partial charge < -0.3 is 4.98 Å². The Hall–Kier alpha value is -0.170. The largest absolute Gasteiger partial charge is 0.320 e. The number of halogens is 4. The van der Waals surface area contributed by atoms with Crippen LogP contribution in [0.25, 0.3) is 0 Å². The Bertz CT molecular complexity index is 366. The molecule has 0 atom stereocenters. The van der Waals surface area contributed by atoms with Gasteiger partial charge in [0, 0.05) is 9.13 Å². The zero-order valence-electron chi connectivity index (χ0n) is 6.28.